The Morgan fingerprint density at radius 3 is 2.94 bits per heavy atom. The smallest absolute Gasteiger partial charge is 0.251 e. The van der Waals surface area contributed by atoms with E-state index in [0.29, 0.717) is 29.2 Å². The molecule has 1 atom stereocenters. The molecule has 0 spiro atoms. The second kappa shape index (κ2) is 5.27. The van der Waals surface area contributed by atoms with E-state index in [1.807, 2.05) is 0 Å². The van der Waals surface area contributed by atoms with Crippen LogP contribution in [0.1, 0.15) is 23.2 Å². The predicted octanol–water partition coefficient (Wildman–Crippen LogP) is 0.931. The van der Waals surface area contributed by atoms with Crippen molar-refractivity contribution >= 4 is 29.1 Å². The fraction of sp³-hybridized carbons (Fsp3) is 0.333. The summed E-state index contributed by atoms with van der Waals surface area (Å²) in [5, 5.41) is 5.96. The lowest BCUT2D eigenvalue weighted by atomic mass is 10.1. The van der Waals surface area contributed by atoms with Gasteiger partial charge in [-0.1, -0.05) is 11.6 Å². The van der Waals surface area contributed by atoms with Crippen LogP contribution in [0, 0.1) is 0 Å². The second-order valence-corrected chi connectivity index (χ2v) is 4.66. The van der Waals surface area contributed by atoms with Crippen molar-refractivity contribution in [1.82, 2.24) is 10.6 Å². The zero-order valence-electron chi connectivity index (χ0n) is 9.70. The lowest BCUT2D eigenvalue weighted by Crippen LogP contribution is -2.38. The highest BCUT2D eigenvalue weighted by Crippen LogP contribution is 2.19. The van der Waals surface area contributed by atoms with Gasteiger partial charge >= 0.3 is 0 Å². The third-order valence-corrected chi connectivity index (χ3v) is 3.20. The van der Waals surface area contributed by atoms with Crippen LogP contribution in [0.5, 0.6) is 0 Å². The molecule has 1 aliphatic rings. The molecular weight excluding hydrogens is 254 g/mol. The van der Waals surface area contributed by atoms with Crippen LogP contribution in [0.2, 0.25) is 5.02 Å². The van der Waals surface area contributed by atoms with Crippen molar-refractivity contribution in [3.63, 3.8) is 0 Å². The van der Waals surface area contributed by atoms with Crippen LogP contribution in [0.15, 0.2) is 18.2 Å². The zero-order valence-corrected chi connectivity index (χ0v) is 10.5. The minimum absolute atomic E-state index is 0.0195. The molecule has 2 rings (SSSR count). The molecule has 1 unspecified atom stereocenters. The number of nitrogens with one attached hydrogen (secondary N) is 2. The van der Waals surface area contributed by atoms with E-state index >= 15 is 0 Å². The number of nitrogens with two attached hydrogens (primary N) is 1. The molecule has 96 valence electrons. The van der Waals surface area contributed by atoms with E-state index in [2.05, 4.69) is 10.6 Å². The summed E-state index contributed by atoms with van der Waals surface area (Å²) in [6.07, 6.45) is 1.27. The Hall–Kier alpha value is -1.75. The lowest BCUT2D eigenvalue weighted by molar-refractivity contribution is -0.119. The molecule has 5 nitrogen and oxygen atoms in total. The molecule has 1 heterocycles. The van der Waals surface area contributed by atoms with Gasteiger partial charge in [0.2, 0.25) is 5.91 Å². The van der Waals surface area contributed by atoms with E-state index in [9.17, 15) is 9.59 Å². The summed E-state index contributed by atoms with van der Waals surface area (Å²) < 4.78 is 0. The average Bonchev–Trinajstić information content (AvgIpc) is 2.75. The first-order valence-corrected chi connectivity index (χ1v) is 6.06. The topological polar surface area (TPSA) is 84.2 Å². The average molecular weight is 268 g/mol. The molecule has 0 saturated carbocycles. The number of rotatable bonds is 3. The van der Waals surface area contributed by atoms with E-state index < -0.39 is 0 Å². The summed E-state index contributed by atoms with van der Waals surface area (Å²) in [5.74, 6) is -0.190. The standard InChI is InChI=1S/C12H14ClN3O2/c13-9-3-1-7(5-10(9)14)12(18)15-6-8-2-4-11(17)16-8/h1,3,5,8H,2,4,6,14H2,(H,15,18)(H,16,17). The van der Waals surface area contributed by atoms with Gasteiger partial charge in [0.15, 0.2) is 0 Å². The number of benzene rings is 1. The second-order valence-electron chi connectivity index (χ2n) is 4.25. The van der Waals surface area contributed by atoms with E-state index in [1.165, 1.54) is 6.07 Å². The summed E-state index contributed by atoms with van der Waals surface area (Å²) in [5.41, 5.74) is 6.46. The Balaban J connectivity index is 1.91. The van der Waals surface area contributed by atoms with Crippen LogP contribution in [0.4, 0.5) is 5.69 Å². The normalized spacial score (nSPS) is 18.5. The summed E-state index contributed by atoms with van der Waals surface area (Å²) in [7, 11) is 0. The molecule has 1 saturated heterocycles. The Morgan fingerprint density at radius 2 is 2.33 bits per heavy atom. The van der Waals surface area contributed by atoms with Crippen molar-refractivity contribution in [1.29, 1.82) is 0 Å². The number of carbonyl (C=O) groups is 2. The number of hydrogen-bond acceptors (Lipinski definition) is 3. The molecule has 0 bridgehead atoms. The van der Waals surface area contributed by atoms with Crippen molar-refractivity contribution in [2.75, 3.05) is 12.3 Å². The highest BCUT2D eigenvalue weighted by Gasteiger charge is 2.21. The van der Waals surface area contributed by atoms with Gasteiger partial charge in [0.05, 0.1) is 10.7 Å². The predicted molar refractivity (Wildman–Crippen MR) is 69.4 cm³/mol. The minimum Gasteiger partial charge on any atom is -0.398 e. The number of hydrogen-bond donors (Lipinski definition) is 3. The maximum Gasteiger partial charge on any atom is 0.251 e. The Kier molecular flexibility index (Phi) is 3.72. The maximum atomic E-state index is 11.8. The van der Waals surface area contributed by atoms with Gasteiger partial charge < -0.3 is 16.4 Å². The van der Waals surface area contributed by atoms with Crippen molar-refractivity contribution in [2.24, 2.45) is 0 Å². The SMILES string of the molecule is Nc1cc(C(=O)NCC2CCC(=O)N2)ccc1Cl. The molecule has 0 aromatic heterocycles. The lowest BCUT2D eigenvalue weighted by Gasteiger charge is -2.11. The molecule has 1 aliphatic heterocycles. The number of nitrogen functional groups attached to an aromatic ring is 1. The number of carbonyl (C=O) groups excluding carboxylic acids is 2. The van der Waals surface area contributed by atoms with Crippen molar-refractivity contribution in [2.45, 2.75) is 18.9 Å². The number of halogens is 1. The van der Waals surface area contributed by atoms with Crippen LogP contribution >= 0.6 is 11.6 Å². The molecule has 1 fully saturated rings. The van der Waals surface area contributed by atoms with Crippen molar-refractivity contribution < 1.29 is 9.59 Å². The van der Waals surface area contributed by atoms with Gasteiger partial charge in [-0.3, -0.25) is 9.59 Å². The van der Waals surface area contributed by atoms with Gasteiger partial charge in [-0.25, -0.2) is 0 Å². The Bertz CT molecular complexity index is 490. The maximum absolute atomic E-state index is 11.8. The van der Waals surface area contributed by atoms with Gasteiger partial charge in [-0.2, -0.15) is 0 Å². The van der Waals surface area contributed by atoms with Gasteiger partial charge in [-0.05, 0) is 24.6 Å². The van der Waals surface area contributed by atoms with E-state index in [1.54, 1.807) is 12.1 Å². The summed E-state index contributed by atoms with van der Waals surface area (Å²) in [6, 6.07) is 4.75. The third kappa shape index (κ3) is 2.92. The van der Waals surface area contributed by atoms with Crippen molar-refractivity contribution in [3.05, 3.63) is 28.8 Å². The molecule has 18 heavy (non-hydrogen) atoms. The Morgan fingerprint density at radius 1 is 1.56 bits per heavy atom. The number of amides is 2. The molecule has 1 aromatic rings. The first kappa shape index (κ1) is 12.7. The molecule has 2 amide bonds. The van der Waals surface area contributed by atoms with Crippen LogP contribution in [-0.4, -0.2) is 24.4 Å². The molecule has 6 heteroatoms. The summed E-state index contributed by atoms with van der Waals surface area (Å²) >= 11 is 5.78. The van der Waals surface area contributed by atoms with Gasteiger partial charge in [-0.15, -0.1) is 0 Å². The Labute approximate surface area is 110 Å². The third-order valence-electron chi connectivity index (χ3n) is 2.85. The van der Waals surface area contributed by atoms with Crippen LogP contribution < -0.4 is 16.4 Å². The van der Waals surface area contributed by atoms with Crippen molar-refractivity contribution in [3.8, 4) is 0 Å². The number of anilines is 1. The highest BCUT2D eigenvalue weighted by molar-refractivity contribution is 6.33. The first-order valence-electron chi connectivity index (χ1n) is 5.69. The van der Waals surface area contributed by atoms with Crippen LogP contribution in [0.3, 0.4) is 0 Å². The minimum atomic E-state index is -0.223. The molecular formula is C12H14ClN3O2. The molecule has 0 aliphatic carbocycles. The zero-order chi connectivity index (χ0) is 13.1. The van der Waals surface area contributed by atoms with Gasteiger partial charge in [0.1, 0.15) is 0 Å². The molecule has 1 aromatic carbocycles. The summed E-state index contributed by atoms with van der Waals surface area (Å²) in [6.45, 7) is 0.424. The van der Waals surface area contributed by atoms with E-state index in [4.69, 9.17) is 17.3 Å². The van der Waals surface area contributed by atoms with Crippen LogP contribution in [-0.2, 0) is 4.79 Å². The fourth-order valence-electron chi connectivity index (χ4n) is 1.83. The van der Waals surface area contributed by atoms with Gasteiger partial charge in [0.25, 0.3) is 5.91 Å². The fourth-order valence-corrected chi connectivity index (χ4v) is 1.95. The first-order chi connectivity index (χ1) is 8.56. The van der Waals surface area contributed by atoms with E-state index in [0.717, 1.165) is 6.42 Å². The molecule has 0 radical (unpaired) electrons. The monoisotopic (exact) mass is 267 g/mol. The quantitative estimate of drug-likeness (QED) is 0.713. The van der Waals surface area contributed by atoms with Crippen LogP contribution in [0.25, 0.3) is 0 Å². The molecule has 4 N–H and O–H groups in total. The summed E-state index contributed by atoms with van der Waals surface area (Å²) in [4.78, 5) is 22.8. The van der Waals surface area contributed by atoms with Gasteiger partial charge in [0, 0.05) is 24.6 Å². The van der Waals surface area contributed by atoms with E-state index in [-0.39, 0.29) is 17.9 Å². The highest BCUT2D eigenvalue weighted by atomic mass is 35.5. The largest absolute Gasteiger partial charge is 0.398 e.